The molecule has 0 heterocycles. The van der Waals surface area contributed by atoms with Gasteiger partial charge in [-0.15, -0.1) is 0 Å². The van der Waals surface area contributed by atoms with Gasteiger partial charge in [-0.05, 0) is 0 Å². The van der Waals surface area contributed by atoms with E-state index in [0.29, 0.717) is 19.6 Å². The SMILES string of the molecule is NCCNCCC(=O)O.[H-].[H-].[Na+].[Na+]. The molecule has 0 aromatic carbocycles. The third-order valence-electron chi connectivity index (χ3n) is 0.837. The summed E-state index contributed by atoms with van der Waals surface area (Å²) >= 11 is 0. The molecular formula is C5H14N2Na2O2. The van der Waals surface area contributed by atoms with Gasteiger partial charge >= 0.3 is 65.1 Å². The summed E-state index contributed by atoms with van der Waals surface area (Å²) in [6, 6.07) is 0. The van der Waals surface area contributed by atoms with E-state index in [1.807, 2.05) is 0 Å². The van der Waals surface area contributed by atoms with Crippen molar-refractivity contribution in [2.45, 2.75) is 6.42 Å². The van der Waals surface area contributed by atoms with Crippen LogP contribution in [0.25, 0.3) is 0 Å². The zero-order valence-corrected chi connectivity index (χ0v) is 11.3. The molecule has 0 aromatic heterocycles. The molecule has 0 saturated heterocycles. The van der Waals surface area contributed by atoms with E-state index < -0.39 is 5.97 Å². The summed E-state index contributed by atoms with van der Waals surface area (Å²) < 4.78 is 0. The molecule has 0 aliphatic rings. The Balaban J connectivity index is -0.0000000533. The zero-order valence-electron chi connectivity index (χ0n) is 9.26. The normalized spacial score (nSPS) is 7.73. The maximum absolute atomic E-state index is 9.89. The third-order valence-corrected chi connectivity index (χ3v) is 0.837. The first kappa shape index (κ1) is 18.2. The molecule has 6 heteroatoms. The number of hydrogen-bond acceptors (Lipinski definition) is 3. The van der Waals surface area contributed by atoms with Crippen LogP contribution in [0.1, 0.15) is 9.27 Å². The van der Waals surface area contributed by atoms with Crippen molar-refractivity contribution in [3.05, 3.63) is 0 Å². The van der Waals surface area contributed by atoms with Gasteiger partial charge in [0.05, 0.1) is 6.42 Å². The van der Waals surface area contributed by atoms with Gasteiger partial charge in [0.15, 0.2) is 0 Å². The van der Waals surface area contributed by atoms with Crippen molar-refractivity contribution in [3.63, 3.8) is 0 Å². The Hall–Kier alpha value is 1.39. The van der Waals surface area contributed by atoms with E-state index in [1.54, 1.807) is 0 Å². The van der Waals surface area contributed by atoms with Gasteiger partial charge in [0.25, 0.3) is 0 Å². The minimum atomic E-state index is -0.778. The molecule has 11 heavy (non-hydrogen) atoms. The molecule has 0 amide bonds. The minimum Gasteiger partial charge on any atom is -1.00 e. The number of carboxylic acid groups (broad SMARTS) is 1. The first-order valence-electron chi connectivity index (χ1n) is 2.90. The Labute approximate surface area is 114 Å². The van der Waals surface area contributed by atoms with Crippen LogP contribution in [0.3, 0.4) is 0 Å². The first-order chi connectivity index (χ1) is 4.27. The van der Waals surface area contributed by atoms with Crippen LogP contribution in [0.15, 0.2) is 0 Å². The molecule has 0 aromatic rings. The molecule has 0 radical (unpaired) electrons. The summed E-state index contributed by atoms with van der Waals surface area (Å²) in [7, 11) is 0. The van der Waals surface area contributed by atoms with Gasteiger partial charge in [-0.3, -0.25) is 4.79 Å². The Kier molecular flexibility index (Phi) is 23.1. The van der Waals surface area contributed by atoms with Crippen LogP contribution >= 0.6 is 0 Å². The van der Waals surface area contributed by atoms with Crippen molar-refractivity contribution in [2.75, 3.05) is 19.6 Å². The van der Waals surface area contributed by atoms with E-state index in [4.69, 9.17) is 10.8 Å². The number of rotatable bonds is 5. The molecule has 0 fully saturated rings. The van der Waals surface area contributed by atoms with Crippen LogP contribution in [-0.4, -0.2) is 30.7 Å². The smallest absolute Gasteiger partial charge is 1.00 e. The number of hydrogen-bond donors (Lipinski definition) is 3. The number of aliphatic carboxylic acids is 1. The maximum Gasteiger partial charge on any atom is 1.00 e. The van der Waals surface area contributed by atoms with Crippen molar-refractivity contribution in [2.24, 2.45) is 5.73 Å². The molecule has 0 rings (SSSR count). The van der Waals surface area contributed by atoms with Crippen LogP contribution in [0.2, 0.25) is 0 Å². The maximum atomic E-state index is 9.89. The molecular weight excluding hydrogens is 166 g/mol. The topological polar surface area (TPSA) is 75.3 Å². The van der Waals surface area contributed by atoms with Crippen LogP contribution in [0, 0.1) is 0 Å². The van der Waals surface area contributed by atoms with Crippen LogP contribution in [-0.2, 0) is 4.79 Å². The molecule has 0 saturated carbocycles. The summed E-state index contributed by atoms with van der Waals surface area (Å²) in [5, 5.41) is 11.0. The van der Waals surface area contributed by atoms with Crippen molar-refractivity contribution in [1.82, 2.24) is 5.32 Å². The Bertz CT molecular complexity index is 101. The summed E-state index contributed by atoms with van der Waals surface area (Å²) in [5.41, 5.74) is 5.14. The summed E-state index contributed by atoms with van der Waals surface area (Å²) in [4.78, 5) is 9.89. The zero-order chi connectivity index (χ0) is 7.11. The Morgan fingerprint density at radius 1 is 1.45 bits per heavy atom. The van der Waals surface area contributed by atoms with Gasteiger partial charge in [0, 0.05) is 19.6 Å². The minimum absolute atomic E-state index is 0. The monoisotopic (exact) mass is 180 g/mol. The molecule has 0 unspecified atom stereocenters. The fourth-order valence-corrected chi connectivity index (χ4v) is 0.422. The van der Waals surface area contributed by atoms with E-state index in [1.165, 1.54) is 0 Å². The average Bonchev–Trinajstić information content (AvgIpc) is 1.80. The number of carboxylic acids is 1. The van der Waals surface area contributed by atoms with Crippen molar-refractivity contribution in [1.29, 1.82) is 0 Å². The van der Waals surface area contributed by atoms with Crippen molar-refractivity contribution in [3.8, 4) is 0 Å². The van der Waals surface area contributed by atoms with E-state index in [-0.39, 0.29) is 68.4 Å². The standard InChI is InChI=1S/C5H12N2O2.2Na.2H/c6-2-4-7-3-1-5(8)9;;;;/h7H,1-4,6H2,(H,8,9);;;;/q;2*+1;2*-1. The van der Waals surface area contributed by atoms with Gasteiger partial charge in [-0.1, -0.05) is 0 Å². The van der Waals surface area contributed by atoms with Gasteiger partial charge in [0.2, 0.25) is 0 Å². The fourth-order valence-electron chi connectivity index (χ4n) is 0.422. The second-order valence-electron chi connectivity index (χ2n) is 1.68. The van der Waals surface area contributed by atoms with Gasteiger partial charge < -0.3 is 19.0 Å². The summed E-state index contributed by atoms with van der Waals surface area (Å²) in [6.45, 7) is 1.75. The van der Waals surface area contributed by atoms with E-state index in [2.05, 4.69) is 5.32 Å². The Morgan fingerprint density at radius 3 is 2.36 bits per heavy atom. The molecule has 0 aliphatic carbocycles. The second kappa shape index (κ2) is 13.9. The summed E-state index contributed by atoms with van der Waals surface area (Å²) in [5.74, 6) is -0.778. The third kappa shape index (κ3) is 18.4. The predicted octanol–water partition coefficient (Wildman–Crippen LogP) is -6.76. The van der Waals surface area contributed by atoms with Gasteiger partial charge in [-0.25, -0.2) is 0 Å². The van der Waals surface area contributed by atoms with Gasteiger partial charge in [-0.2, -0.15) is 0 Å². The van der Waals surface area contributed by atoms with Crippen LogP contribution in [0.5, 0.6) is 0 Å². The Morgan fingerprint density at radius 2 is 2.00 bits per heavy atom. The number of nitrogens with two attached hydrogens (primary N) is 1. The van der Waals surface area contributed by atoms with E-state index in [9.17, 15) is 4.79 Å². The number of nitrogens with one attached hydrogen (secondary N) is 1. The van der Waals surface area contributed by atoms with Crippen LogP contribution in [0.4, 0.5) is 0 Å². The van der Waals surface area contributed by atoms with Crippen molar-refractivity contribution < 1.29 is 71.9 Å². The molecule has 0 bridgehead atoms. The molecule has 0 aliphatic heterocycles. The molecule has 4 nitrogen and oxygen atoms in total. The molecule has 0 spiro atoms. The molecule has 4 N–H and O–H groups in total. The van der Waals surface area contributed by atoms with Gasteiger partial charge in [0.1, 0.15) is 0 Å². The molecule has 58 valence electrons. The average molecular weight is 180 g/mol. The van der Waals surface area contributed by atoms with Crippen LogP contribution < -0.4 is 70.2 Å². The largest absolute Gasteiger partial charge is 1.00 e. The van der Waals surface area contributed by atoms with E-state index >= 15 is 0 Å². The predicted molar refractivity (Wildman–Crippen MR) is 36.4 cm³/mol. The van der Waals surface area contributed by atoms with E-state index in [0.717, 1.165) is 0 Å². The van der Waals surface area contributed by atoms with Crippen molar-refractivity contribution >= 4 is 5.97 Å². The fraction of sp³-hybridized carbons (Fsp3) is 0.800. The first-order valence-corrected chi connectivity index (χ1v) is 2.90. The second-order valence-corrected chi connectivity index (χ2v) is 1.68. The number of carbonyl (C=O) groups is 1. The summed E-state index contributed by atoms with van der Waals surface area (Å²) in [6.07, 6.45) is 0.167. The molecule has 0 atom stereocenters. The quantitative estimate of drug-likeness (QED) is 0.290.